The molecule has 0 unspecified atom stereocenters. The molecular formula is C10H17NO3. The van der Waals surface area contributed by atoms with Gasteiger partial charge >= 0.3 is 5.97 Å². The van der Waals surface area contributed by atoms with Crippen LogP contribution in [0.5, 0.6) is 0 Å². The fourth-order valence-corrected chi connectivity index (χ4v) is 1.52. The molecule has 0 radical (unpaired) electrons. The molecule has 0 heterocycles. The van der Waals surface area contributed by atoms with Gasteiger partial charge in [-0.15, -0.1) is 0 Å². The van der Waals surface area contributed by atoms with E-state index in [0.29, 0.717) is 6.42 Å². The molecule has 2 N–H and O–H groups in total. The van der Waals surface area contributed by atoms with E-state index in [-0.39, 0.29) is 5.92 Å². The van der Waals surface area contributed by atoms with E-state index in [1.807, 2.05) is 6.92 Å². The van der Waals surface area contributed by atoms with Crippen molar-refractivity contribution in [3.8, 4) is 0 Å². The molecule has 1 aliphatic rings. The van der Waals surface area contributed by atoms with Crippen LogP contribution in [0.1, 0.15) is 34.1 Å². The maximum Gasteiger partial charge on any atom is 0.322 e. The summed E-state index contributed by atoms with van der Waals surface area (Å²) in [4.78, 5) is 22.8. The van der Waals surface area contributed by atoms with E-state index < -0.39 is 22.9 Å². The number of carbonyl (C=O) groups excluding carboxylic acids is 2. The van der Waals surface area contributed by atoms with E-state index in [1.54, 1.807) is 20.8 Å². The van der Waals surface area contributed by atoms with Gasteiger partial charge in [0.05, 0.1) is 0 Å². The number of primary amides is 1. The molecular weight excluding hydrogens is 182 g/mol. The number of hydrogen-bond donors (Lipinski definition) is 1. The summed E-state index contributed by atoms with van der Waals surface area (Å²) in [5, 5.41) is 0. The number of carbonyl (C=O) groups is 2. The van der Waals surface area contributed by atoms with Crippen LogP contribution in [0.15, 0.2) is 0 Å². The Morgan fingerprint density at radius 2 is 1.86 bits per heavy atom. The highest BCUT2D eigenvalue weighted by Gasteiger charge is 2.64. The first-order valence-electron chi connectivity index (χ1n) is 4.73. The third kappa shape index (κ3) is 1.74. The monoisotopic (exact) mass is 199 g/mol. The average Bonchev–Trinajstić information content (AvgIpc) is 2.58. The second-order valence-electron chi connectivity index (χ2n) is 4.94. The van der Waals surface area contributed by atoms with Gasteiger partial charge in [-0.1, -0.05) is 6.92 Å². The topological polar surface area (TPSA) is 69.4 Å². The van der Waals surface area contributed by atoms with Crippen molar-refractivity contribution in [1.82, 2.24) is 0 Å². The Morgan fingerprint density at radius 1 is 1.43 bits per heavy atom. The van der Waals surface area contributed by atoms with Gasteiger partial charge in [0.1, 0.15) is 11.0 Å². The number of amides is 1. The molecule has 14 heavy (non-hydrogen) atoms. The standard InChI is InChI=1S/C10H17NO3/c1-6-5-10(6,7(11)12)8(13)14-9(2,3)4/h6H,5H2,1-4H3,(H2,11,12)/t6-,10+/m0/s1. The van der Waals surface area contributed by atoms with Crippen molar-refractivity contribution < 1.29 is 14.3 Å². The van der Waals surface area contributed by atoms with Gasteiger partial charge in [-0.3, -0.25) is 9.59 Å². The molecule has 0 aromatic carbocycles. The summed E-state index contributed by atoms with van der Waals surface area (Å²) < 4.78 is 5.16. The van der Waals surface area contributed by atoms with Crippen LogP contribution in [0, 0.1) is 11.3 Å². The molecule has 0 aromatic rings. The van der Waals surface area contributed by atoms with Crippen LogP contribution in [-0.2, 0) is 14.3 Å². The Kier molecular flexibility index (Phi) is 2.34. The molecule has 1 saturated carbocycles. The van der Waals surface area contributed by atoms with E-state index in [9.17, 15) is 9.59 Å². The van der Waals surface area contributed by atoms with Crippen LogP contribution >= 0.6 is 0 Å². The summed E-state index contributed by atoms with van der Waals surface area (Å²) in [5.41, 5.74) is 3.59. The Bertz CT molecular complexity index is 280. The highest BCUT2D eigenvalue weighted by molar-refractivity contribution is 6.05. The Balaban J connectivity index is 2.75. The third-order valence-electron chi connectivity index (χ3n) is 2.51. The molecule has 0 aromatic heterocycles. The van der Waals surface area contributed by atoms with Gasteiger partial charge in [-0.2, -0.15) is 0 Å². The van der Waals surface area contributed by atoms with E-state index in [1.165, 1.54) is 0 Å². The van der Waals surface area contributed by atoms with Gasteiger partial charge in [0.2, 0.25) is 5.91 Å². The number of esters is 1. The Labute approximate surface area is 83.8 Å². The molecule has 1 aliphatic carbocycles. The van der Waals surface area contributed by atoms with Crippen LogP contribution in [-0.4, -0.2) is 17.5 Å². The molecule has 80 valence electrons. The van der Waals surface area contributed by atoms with Gasteiger partial charge in [-0.25, -0.2) is 0 Å². The average molecular weight is 199 g/mol. The van der Waals surface area contributed by atoms with Crippen molar-refractivity contribution in [3.05, 3.63) is 0 Å². The smallest absolute Gasteiger partial charge is 0.322 e. The first kappa shape index (κ1) is 11.0. The van der Waals surface area contributed by atoms with Crippen molar-refractivity contribution >= 4 is 11.9 Å². The van der Waals surface area contributed by atoms with Crippen LogP contribution in [0.2, 0.25) is 0 Å². The second-order valence-corrected chi connectivity index (χ2v) is 4.94. The van der Waals surface area contributed by atoms with Gasteiger partial charge in [-0.05, 0) is 33.1 Å². The quantitative estimate of drug-likeness (QED) is 0.529. The van der Waals surface area contributed by atoms with E-state index >= 15 is 0 Å². The minimum absolute atomic E-state index is 0.00912. The molecule has 1 rings (SSSR count). The first-order valence-corrected chi connectivity index (χ1v) is 4.73. The normalized spacial score (nSPS) is 31.0. The van der Waals surface area contributed by atoms with Crippen molar-refractivity contribution in [3.63, 3.8) is 0 Å². The molecule has 0 saturated heterocycles. The van der Waals surface area contributed by atoms with Gasteiger partial charge in [0.25, 0.3) is 0 Å². The third-order valence-corrected chi connectivity index (χ3v) is 2.51. The summed E-state index contributed by atoms with van der Waals surface area (Å²) in [6.07, 6.45) is 0.511. The lowest BCUT2D eigenvalue weighted by Crippen LogP contribution is -2.38. The second kappa shape index (κ2) is 2.97. The highest BCUT2D eigenvalue weighted by Crippen LogP contribution is 2.53. The molecule has 0 spiro atoms. The van der Waals surface area contributed by atoms with Crippen molar-refractivity contribution in [2.75, 3.05) is 0 Å². The fraction of sp³-hybridized carbons (Fsp3) is 0.800. The Morgan fingerprint density at radius 3 is 2.07 bits per heavy atom. The molecule has 4 nitrogen and oxygen atoms in total. The predicted molar refractivity (Wildman–Crippen MR) is 51.3 cm³/mol. The largest absolute Gasteiger partial charge is 0.459 e. The lowest BCUT2D eigenvalue weighted by atomic mass is 10.0. The lowest BCUT2D eigenvalue weighted by molar-refractivity contribution is -0.164. The maximum absolute atomic E-state index is 11.7. The number of ether oxygens (including phenoxy) is 1. The zero-order valence-corrected chi connectivity index (χ0v) is 9.09. The predicted octanol–water partition coefficient (Wildman–Crippen LogP) is 0.840. The zero-order chi connectivity index (χ0) is 11.1. The van der Waals surface area contributed by atoms with E-state index in [0.717, 1.165) is 0 Å². The summed E-state index contributed by atoms with van der Waals surface area (Å²) >= 11 is 0. The van der Waals surface area contributed by atoms with Gasteiger partial charge in [0.15, 0.2) is 0 Å². The zero-order valence-electron chi connectivity index (χ0n) is 9.09. The SMILES string of the molecule is C[C@H]1C[C@@]1(C(N)=O)C(=O)OC(C)(C)C. The van der Waals surface area contributed by atoms with Crippen molar-refractivity contribution in [1.29, 1.82) is 0 Å². The molecule has 4 heteroatoms. The summed E-state index contributed by atoms with van der Waals surface area (Å²) in [6, 6.07) is 0. The minimum Gasteiger partial charge on any atom is -0.459 e. The fourth-order valence-electron chi connectivity index (χ4n) is 1.52. The highest BCUT2D eigenvalue weighted by atomic mass is 16.6. The Hall–Kier alpha value is -1.06. The summed E-state index contributed by atoms with van der Waals surface area (Å²) in [7, 11) is 0. The molecule has 1 amide bonds. The van der Waals surface area contributed by atoms with Crippen molar-refractivity contribution in [2.24, 2.45) is 17.1 Å². The van der Waals surface area contributed by atoms with Crippen molar-refractivity contribution in [2.45, 2.75) is 39.7 Å². The number of nitrogens with two attached hydrogens (primary N) is 1. The van der Waals surface area contributed by atoms with Crippen LogP contribution in [0.25, 0.3) is 0 Å². The van der Waals surface area contributed by atoms with Gasteiger partial charge < -0.3 is 10.5 Å². The summed E-state index contributed by atoms with van der Waals surface area (Å²) in [6.45, 7) is 7.14. The maximum atomic E-state index is 11.7. The molecule has 2 atom stereocenters. The van der Waals surface area contributed by atoms with Gasteiger partial charge in [0, 0.05) is 0 Å². The van der Waals surface area contributed by atoms with Crippen LogP contribution in [0.3, 0.4) is 0 Å². The minimum atomic E-state index is -1.05. The van der Waals surface area contributed by atoms with E-state index in [2.05, 4.69) is 0 Å². The lowest BCUT2D eigenvalue weighted by Gasteiger charge is -2.22. The number of hydrogen-bond acceptors (Lipinski definition) is 3. The molecule has 1 fully saturated rings. The van der Waals surface area contributed by atoms with Crippen LogP contribution < -0.4 is 5.73 Å². The molecule has 0 bridgehead atoms. The number of rotatable bonds is 2. The summed E-state index contributed by atoms with van der Waals surface area (Å²) in [5.74, 6) is -1.04. The molecule has 0 aliphatic heterocycles. The first-order chi connectivity index (χ1) is 6.20. The van der Waals surface area contributed by atoms with E-state index in [4.69, 9.17) is 10.5 Å². The van der Waals surface area contributed by atoms with Crippen LogP contribution in [0.4, 0.5) is 0 Å².